The average molecular weight is 411 g/mol. The maximum Gasteiger partial charge on any atom is 0.252 e. The van der Waals surface area contributed by atoms with E-state index in [9.17, 15) is 9.18 Å². The average Bonchev–Trinajstić information content (AvgIpc) is 2.69. The lowest BCUT2D eigenvalue weighted by molar-refractivity contribution is 0.100. The van der Waals surface area contributed by atoms with Crippen molar-refractivity contribution >= 4 is 39.8 Å². The van der Waals surface area contributed by atoms with Crippen LogP contribution < -0.4 is 27.8 Å². The van der Waals surface area contributed by atoms with Gasteiger partial charge in [-0.05, 0) is 30.5 Å². The van der Waals surface area contributed by atoms with Crippen molar-refractivity contribution in [1.82, 2.24) is 9.97 Å². The number of fused-ring (bicyclic) bond motifs is 1. The Morgan fingerprint density at radius 2 is 2.00 bits per heavy atom. The topological polar surface area (TPSA) is 145 Å². The largest absolute Gasteiger partial charge is 0.397 e. The summed E-state index contributed by atoms with van der Waals surface area (Å²) < 4.78 is 14.6. The number of nitrogens with one attached hydrogen (secondary N) is 2. The number of halogens is 1. The number of primary amides is 1. The van der Waals surface area contributed by atoms with E-state index >= 15 is 0 Å². The van der Waals surface area contributed by atoms with Crippen molar-refractivity contribution in [3.8, 4) is 0 Å². The first-order valence-corrected chi connectivity index (χ1v) is 9.66. The zero-order valence-electron chi connectivity index (χ0n) is 16.9. The molecule has 2 heterocycles. The van der Waals surface area contributed by atoms with E-state index in [1.165, 1.54) is 0 Å². The smallest absolute Gasteiger partial charge is 0.252 e. The molecule has 1 unspecified atom stereocenters. The summed E-state index contributed by atoms with van der Waals surface area (Å²) in [7, 11) is 0. The fourth-order valence-electron chi connectivity index (χ4n) is 3.24. The molecule has 0 aliphatic rings. The molecule has 158 valence electrons. The molecule has 1 atom stereocenters. The second-order valence-electron chi connectivity index (χ2n) is 7.55. The lowest BCUT2D eigenvalue weighted by atomic mass is 10.0. The number of carbonyl (C=O) groups excluding carboxylic acids is 1. The molecule has 0 aliphatic heterocycles. The molecule has 0 spiro atoms. The van der Waals surface area contributed by atoms with Crippen LogP contribution in [0.25, 0.3) is 10.9 Å². The number of rotatable bonds is 8. The Morgan fingerprint density at radius 1 is 1.23 bits per heavy atom. The van der Waals surface area contributed by atoms with E-state index in [0.29, 0.717) is 29.4 Å². The Balaban J connectivity index is 1.97. The number of anilines is 4. The van der Waals surface area contributed by atoms with Crippen molar-refractivity contribution < 1.29 is 9.18 Å². The Labute approximate surface area is 174 Å². The van der Waals surface area contributed by atoms with E-state index < -0.39 is 11.7 Å². The van der Waals surface area contributed by atoms with Crippen molar-refractivity contribution in [2.75, 3.05) is 22.9 Å². The Kier molecular flexibility index (Phi) is 6.31. The number of nitrogen functional groups attached to an aromatic ring is 1. The third-order valence-electron chi connectivity index (χ3n) is 4.63. The molecule has 1 amide bonds. The summed E-state index contributed by atoms with van der Waals surface area (Å²) >= 11 is 0. The number of para-hydroxylation sites is 1. The molecular formula is C21H26FN7O. The van der Waals surface area contributed by atoms with Gasteiger partial charge in [0.05, 0.1) is 28.7 Å². The second kappa shape index (κ2) is 8.91. The number of aromatic nitrogens is 2. The van der Waals surface area contributed by atoms with Gasteiger partial charge in [0, 0.05) is 18.0 Å². The van der Waals surface area contributed by atoms with Crippen molar-refractivity contribution in [3.63, 3.8) is 0 Å². The molecular weight excluding hydrogens is 385 g/mol. The zero-order chi connectivity index (χ0) is 21.8. The first-order chi connectivity index (χ1) is 14.3. The molecule has 3 aromatic rings. The molecule has 1 aromatic carbocycles. The van der Waals surface area contributed by atoms with Crippen LogP contribution in [0.5, 0.6) is 0 Å². The highest BCUT2D eigenvalue weighted by Gasteiger charge is 2.19. The first-order valence-electron chi connectivity index (χ1n) is 9.66. The third kappa shape index (κ3) is 4.74. The van der Waals surface area contributed by atoms with Crippen LogP contribution in [-0.4, -0.2) is 28.5 Å². The van der Waals surface area contributed by atoms with Crippen LogP contribution in [0, 0.1) is 11.7 Å². The number of amides is 1. The van der Waals surface area contributed by atoms with Gasteiger partial charge in [0.2, 0.25) is 0 Å². The second-order valence-corrected chi connectivity index (χ2v) is 7.55. The van der Waals surface area contributed by atoms with E-state index in [0.717, 1.165) is 17.9 Å². The minimum Gasteiger partial charge on any atom is -0.397 e. The zero-order valence-corrected chi connectivity index (χ0v) is 16.9. The predicted molar refractivity (Wildman–Crippen MR) is 118 cm³/mol. The van der Waals surface area contributed by atoms with Gasteiger partial charge in [-0.2, -0.15) is 0 Å². The summed E-state index contributed by atoms with van der Waals surface area (Å²) in [5, 5.41) is 6.84. The van der Waals surface area contributed by atoms with Crippen molar-refractivity contribution in [1.29, 1.82) is 0 Å². The number of hydrogen-bond acceptors (Lipinski definition) is 7. The van der Waals surface area contributed by atoms with Gasteiger partial charge in [-0.15, -0.1) is 0 Å². The van der Waals surface area contributed by atoms with E-state index in [1.54, 1.807) is 12.3 Å². The summed E-state index contributed by atoms with van der Waals surface area (Å²) in [6, 6.07) is 8.15. The molecule has 9 heteroatoms. The Bertz CT molecular complexity index is 1070. The lowest BCUT2D eigenvalue weighted by Gasteiger charge is -2.21. The molecule has 0 saturated heterocycles. The number of pyridine rings is 2. The molecule has 0 saturated carbocycles. The molecule has 2 aromatic heterocycles. The van der Waals surface area contributed by atoms with Crippen molar-refractivity contribution in [3.05, 3.63) is 47.9 Å². The molecule has 0 aliphatic carbocycles. The number of nitrogens with zero attached hydrogens (tertiary/aromatic N) is 2. The van der Waals surface area contributed by atoms with Gasteiger partial charge < -0.3 is 27.8 Å². The molecule has 0 fully saturated rings. The first kappa shape index (κ1) is 21.3. The summed E-state index contributed by atoms with van der Waals surface area (Å²) in [6.07, 6.45) is 2.30. The molecule has 0 bridgehead atoms. The molecule has 0 radical (unpaired) electrons. The quantitative estimate of drug-likeness (QED) is 0.358. The maximum absolute atomic E-state index is 14.6. The van der Waals surface area contributed by atoms with Crippen LogP contribution in [-0.2, 0) is 0 Å². The van der Waals surface area contributed by atoms with Gasteiger partial charge in [-0.3, -0.25) is 9.78 Å². The maximum atomic E-state index is 14.6. The molecule has 8 nitrogen and oxygen atoms in total. The highest BCUT2D eigenvalue weighted by molar-refractivity contribution is 5.99. The number of nitrogens with two attached hydrogens (primary N) is 3. The summed E-state index contributed by atoms with van der Waals surface area (Å²) in [6.45, 7) is 4.42. The summed E-state index contributed by atoms with van der Waals surface area (Å²) in [5.74, 6) is -0.993. The van der Waals surface area contributed by atoms with E-state index in [-0.39, 0.29) is 23.2 Å². The van der Waals surface area contributed by atoms with Crippen LogP contribution in [0.3, 0.4) is 0 Å². The number of carbonyl (C=O) groups is 1. The number of benzene rings is 1. The third-order valence-corrected chi connectivity index (χ3v) is 4.63. The Hall–Kier alpha value is -3.46. The van der Waals surface area contributed by atoms with Gasteiger partial charge >= 0.3 is 0 Å². The van der Waals surface area contributed by atoms with Crippen LogP contribution >= 0.6 is 0 Å². The normalized spacial score (nSPS) is 12.2. The summed E-state index contributed by atoms with van der Waals surface area (Å²) in [4.78, 5) is 20.5. The van der Waals surface area contributed by atoms with E-state index in [4.69, 9.17) is 17.2 Å². The van der Waals surface area contributed by atoms with Crippen LogP contribution in [0.2, 0.25) is 0 Å². The van der Waals surface area contributed by atoms with Gasteiger partial charge in [-0.1, -0.05) is 26.0 Å². The van der Waals surface area contributed by atoms with E-state index in [2.05, 4.69) is 34.4 Å². The minimum absolute atomic E-state index is 0.00315. The fourth-order valence-corrected chi connectivity index (χ4v) is 3.24. The summed E-state index contributed by atoms with van der Waals surface area (Å²) in [5.41, 5.74) is 18.9. The van der Waals surface area contributed by atoms with Crippen LogP contribution in [0.1, 0.15) is 30.6 Å². The lowest BCUT2D eigenvalue weighted by Crippen LogP contribution is -2.31. The molecule has 30 heavy (non-hydrogen) atoms. The highest BCUT2D eigenvalue weighted by Crippen LogP contribution is 2.27. The standard InChI is InChI=1S/C21H26FN7O/c1-11(2)6-13(9-23)27-21-16(22)8-15(19(25)30)20(29-21)28-14-7-12-4-3-5-17(24)18(12)26-10-14/h3-5,7-8,10-11,13H,6,9,23-24H2,1-2H3,(H2,25,30)(H2,27,28,29). The molecule has 8 N–H and O–H groups in total. The van der Waals surface area contributed by atoms with Crippen LogP contribution in [0.15, 0.2) is 36.5 Å². The van der Waals surface area contributed by atoms with E-state index in [1.807, 2.05) is 18.2 Å². The van der Waals surface area contributed by atoms with Gasteiger partial charge in [0.1, 0.15) is 5.82 Å². The van der Waals surface area contributed by atoms with Gasteiger partial charge in [-0.25, -0.2) is 9.37 Å². The van der Waals surface area contributed by atoms with Gasteiger partial charge in [0.15, 0.2) is 11.6 Å². The minimum atomic E-state index is -0.800. The van der Waals surface area contributed by atoms with Gasteiger partial charge in [0.25, 0.3) is 5.91 Å². The number of hydrogen-bond donors (Lipinski definition) is 5. The fraction of sp³-hybridized carbons (Fsp3) is 0.286. The highest BCUT2D eigenvalue weighted by atomic mass is 19.1. The monoisotopic (exact) mass is 411 g/mol. The van der Waals surface area contributed by atoms with Crippen molar-refractivity contribution in [2.24, 2.45) is 17.4 Å². The van der Waals surface area contributed by atoms with Crippen LogP contribution in [0.4, 0.5) is 27.4 Å². The predicted octanol–water partition coefficient (Wildman–Crippen LogP) is 2.98. The van der Waals surface area contributed by atoms with Crippen molar-refractivity contribution in [2.45, 2.75) is 26.3 Å². The SMILES string of the molecule is CC(C)CC(CN)Nc1nc(Nc2cnc3c(N)cccc3c2)c(C(N)=O)cc1F. The Morgan fingerprint density at radius 3 is 2.67 bits per heavy atom. The molecule has 3 rings (SSSR count).